The van der Waals surface area contributed by atoms with Crippen LogP contribution in [0.25, 0.3) is 0 Å². The molecule has 0 aliphatic heterocycles. The average molecular weight is 172 g/mol. The van der Waals surface area contributed by atoms with E-state index < -0.39 is 15.1 Å². The number of nitriles is 1. The Kier molecular flexibility index (Phi) is 1.68. The summed E-state index contributed by atoms with van der Waals surface area (Å²) in [5.41, 5.74) is 0. The molecule has 0 amide bonds. The molecule has 1 aromatic heterocycles. The monoisotopic (exact) mass is 172 g/mol. The molecule has 0 unspecified atom stereocenters. The van der Waals surface area contributed by atoms with E-state index in [1.54, 1.807) is 6.19 Å². The molecule has 0 spiro atoms. The second-order valence-electron chi connectivity index (χ2n) is 1.79. The lowest BCUT2D eigenvalue weighted by Gasteiger charge is -1.93. The zero-order valence-corrected chi connectivity index (χ0v) is 6.11. The van der Waals surface area contributed by atoms with E-state index in [-0.39, 0.29) is 0 Å². The first kappa shape index (κ1) is 7.78. The molecule has 5 nitrogen and oxygen atoms in total. The van der Waals surface area contributed by atoms with Crippen molar-refractivity contribution in [1.82, 2.24) is 4.57 Å². The second kappa shape index (κ2) is 2.38. The Morgan fingerprint density at radius 3 is 2.64 bits per heavy atom. The summed E-state index contributed by atoms with van der Waals surface area (Å²) in [6.45, 7) is 0. The summed E-state index contributed by atoms with van der Waals surface area (Å²) >= 11 is 0. The van der Waals surface area contributed by atoms with Gasteiger partial charge in [-0.3, -0.25) is 4.55 Å². The molecule has 0 aliphatic carbocycles. The normalized spacial score (nSPS) is 10.9. The summed E-state index contributed by atoms with van der Waals surface area (Å²) in [4.78, 5) is 0. The minimum Gasteiger partial charge on any atom is -0.281 e. The highest BCUT2D eigenvalue weighted by Crippen LogP contribution is 2.07. The first-order chi connectivity index (χ1) is 5.05. The van der Waals surface area contributed by atoms with Gasteiger partial charge in [0.05, 0.1) is 0 Å². The third-order valence-electron chi connectivity index (χ3n) is 1.08. The van der Waals surface area contributed by atoms with Crippen molar-refractivity contribution >= 4 is 10.1 Å². The van der Waals surface area contributed by atoms with Gasteiger partial charge in [-0.2, -0.15) is 13.7 Å². The van der Waals surface area contributed by atoms with Crippen molar-refractivity contribution in [1.29, 1.82) is 5.26 Å². The van der Waals surface area contributed by atoms with Gasteiger partial charge in [0, 0.05) is 6.20 Å². The molecule has 1 heterocycles. The minimum atomic E-state index is -4.26. The van der Waals surface area contributed by atoms with Crippen molar-refractivity contribution in [2.24, 2.45) is 0 Å². The molecular formula is C5H4N2O3S. The molecule has 0 fully saturated rings. The summed E-state index contributed by atoms with van der Waals surface area (Å²) < 4.78 is 30.2. The Morgan fingerprint density at radius 2 is 2.27 bits per heavy atom. The molecular weight excluding hydrogens is 168 g/mol. The Balaban J connectivity index is 3.39. The fraction of sp³-hybridized carbons (Fsp3) is 0. The summed E-state index contributed by atoms with van der Waals surface area (Å²) in [5.74, 6) is 0. The molecule has 0 atom stereocenters. The minimum absolute atomic E-state index is 0.417. The summed E-state index contributed by atoms with van der Waals surface area (Å²) in [6, 6.07) is 2.49. The number of aromatic nitrogens is 1. The maximum atomic E-state index is 10.5. The molecule has 0 saturated heterocycles. The molecule has 0 aromatic carbocycles. The predicted octanol–water partition coefficient (Wildman–Crippen LogP) is 0.0640. The largest absolute Gasteiger partial charge is 0.311 e. The van der Waals surface area contributed by atoms with Gasteiger partial charge in [0.15, 0.2) is 11.2 Å². The molecule has 0 saturated carbocycles. The molecule has 6 heteroatoms. The second-order valence-corrected chi connectivity index (χ2v) is 3.16. The Hall–Kier alpha value is -1.32. The predicted molar refractivity (Wildman–Crippen MR) is 35.3 cm³/mol. The third-order valence-corrected chi connectivity index (χ3v) is 1.94. The van der Waals surface area contributed by atoms with Crippen LogP contribution in [-0.4, -0.2) is 17.5 Å². The number of rotatable bonds is 1. The SMILES string of the molecule is N#Cn1cccc1S(=O)(=O)O. The molecule has 0 bridgehead atoms. The highest BCUT2D eigenvalue weighted by Gasteiger charge is 2.13. The van der Waals surface area contributed by atoms with Gasteiger partial charge in [-0.15, -0.1) is 0 Å². The van der Waals surface area contributed by atoms with Crippen LogP contribution in [-0.2, 0) is 10.1 Å². The van der Waals surface area contributed by atoms with Crippen LogP contribution in [0.3, 0.4) is 0 Å². The van der Waals surface area contributed by atoms with Crippen molar-refractivity contribution in [3.63, 3.8) is 0 Å². The van der Waals surface area contributed by atoms with Gasteiger partial charge in [-0.05, 0) is 12.1 Å². The lowest BCUT2D eigenvalue weighted by atomic mass is 10.7. The van der Waals surface area contributed by atoms with E-state index in [0.717, 1.165) is 10.6 Å². The smallest absolute Gasteiger partial charge is 0.281 e. The van der Waals surface area contributed by atoms with E-state index in [1.165, 1.54) is 12.3 Å². The first-order valence-corrected chi connectivity index (χ1v) is 4.04. The highest BCUT2D eigenvalue weighted by molar-refractivity contribution is 7.85. The zero-order valence-electron chi connectivity index (χ0n) is 5.30. The zero-order chi connectivity index (χ0) is 8.48. The molecule has 1 rings (SSSR count). The molecule has 1 aromatic rings. The molecule has 1 N–H and O–H groups in total. The van der Waals surface area contributed by atoms with Crippen LogP contribution in [0.4, 0.5) is 0 Å². The van der Waals surface area contributed by atoms with E-state index in [0.29, 0.717) is 0 Å². The van der Waals surface area contributed by atoms with Gasteiger partial charge >= 0.3 is 10.1 Å². The summed E-state index contributed by atoms with van der Waals surface area (Å²) in [7, 11) is -4.26. The van der Waals surface area contributed by atoms with Gasteiger partial charge in [-0.1, -0.05) is 0 Å². The van der Waals surface area contributed by atoms with E-state index in [2.05, 4.69) is 0 Å². The van der Waals surface area contributed by atoms with Crippen LogP contribution in [0, 0.1) is 11.5 Å². The quantitative estimate of drug-likeness (QED) is 0.607. The topological polar surface area (TPSA) is 83.1 Å². The fourth-order valence-electron chi connectivity index (χ4n) is 0.658. The van der Waals surface area contributed by atoms with Crippen LogP contribution >= 0.6 is 0 Å². The standard InChI is InChI=1S/C5H4N2O3S/c6-4-7-3-1-2-5(7)11(8,9)10/h1-3H,(H,8,9,10). The van der Waals surface area contributed by atoms with Gasteiger partial charge in [0.1, 0.15) is 0 Å². The van der Waals surface area contributed by atoms with E-state index >= 15 is 0 Å². The van der Waals surface area contributed by atoms with Gasteiger partial charge in [0.2, 0.25) is 0 Å². The van der Waals surface area contributed by atoms with Crippen molar-refractivity contribution in [2.45, 2.75) is 5.03 Å². The molecule has 11 heavy (non-hydrogen) atoms. The van der Waals surface area contributed by atoms with Crippen LogP contribution in [0.2, 0.25) is 0 Å². The maximum Gasteiger partial charge on any atom is 0.311 e. The Morgan fingerprint density at radius 1 is 1.64 bits per heavy atom. The average Bonchev–Trinajstić information content (AvgIpc) is 2.31. The van der Waals surface area contributed by atoms with Crippen molar-refractivity contribution < 1.29 is 13.0 Å². The van der Waals surface area contributed by atoms with E-state index in [4.69, 9.17) is 9.81 Å². The van der Waals surface area contributed by atoms with Crippen LogP contribution in [0.15, 0.2) is 23.4 Å². The molecule has 58 valence electrons. The summed E-state index contributed by atoms with van der Waals surface area (Å²) in [5, 5.41) is 7.89. The van der Waals surface area contributed by atoms with Crippen LogP contribution < -0.4 is 0 Å². The van der Waals surface area contributed by atoms with Gasteiger partial charge in [0.25, 0.3) is 0 Å². The van der Waals surface area contributed by atoms with Crippen LogP contribution in [0.1, 0.15) is 0 Å². The van der Waals surface area contributed by atoms with E-state index in [1.807, 2.05) is 0 Å². The number of hydrogen-bond acceptors (Lipinski definition) is 3. The van der Waals surface area contributed by atoms with Gasteiger partial charge < -0.3 is 0 Å². The molecule has 0 radical (unpaired) electrons. The van der Waals surface area contributed by atoms with Crippen LogP contribution in [0.5, 0.6) is 0 Å². The number of nitrogens with zero attached hydrogens (tertiary/aromatic N) is 2. The maximum absolute atomic E-state index is 10.5. The highest BCUT2D eigenvalue weighted by atomic mass is 32.2. The van der Waals surface area contributed by atoms with Crippen molar-refractivity contribution in [2.75, 3.05) is 0 Å². The number of hydrogen-bond donors (Lipinski definition) is 1. The third kappa shape index (κ3) is 1.39. The summed E-state index contributed by atoms with van der Waals surface area (Å²) in [6.07, 6.45) is 2.80. The van der Waals surface area contributed by atoms with Crippen molar-refractivity contribution in [3.8, 4) is 6.19 Å². The first-order valence-electron chi connectivity index (χ1n) is 2.60. The van der Waals surface area contributed by atoms with E-state index in [9.17, 15) is 8.42 Å². The Bertz CT molecular complexity index is 398. The molecule has 0 aliphatic rings. The fourth-order valence-corrected chi connectivity index (χ4v) is 1.26. The van der Waals surface area contributed by atoms with Gasteiger partial charge in [-0.25, -0.2) is 4.57 Å². The van der Waals surface area contributed by atoms with Crippen molar-refractivity contribution in [3.05, 3.63) is 18.3 Å². The Labute approximate surface area is 63.2 Å². The lowest BCUT2D eigenvalue weighted by Crippen LogP contribution is -2.03. The lowest BCUT2D eigenvalue weighted by molar-refractivity contribution is 0.477.